The highest BCUT2D eigenvalue weighted by Gasteiger charge is 2.13. The van der Waals surface area contributed by atoms with Crippen molar-refractivity contribution in [3.05, 3.63) is 65.1 Å². The fourth-order valence-corrected chi connectivity index (χ4v) is 2.09. The first kappa shape index (κ1) is 22.2. The van der Waals surface area contributed by atoms with Crippen LogP contribution < -0.4 is 15.4 Å². The summed E-state index contributed by atoms with van der Waals surface area (Å²) in [5.41, 5.74) is -0.412. The van der Waals surface area contributed by atoms with Crippen molar-refractivity contribution >= 4 is 23.4 Å². The predicted molar refractivity (Wildman–Crippen MR) is 98.1 cm³/mol. The van der Waals surface area contributed by atoms with Gasteiger partial charge in [-0.15, -0.1) is 0 Å². The van der Waals surface area contributed by atoms with Crippen LogP contribution in [0.5, 0.6) is 5.75 Å². The molecule has 0 aliphatic rings. The van der Waals surface area contributed by atoms with Crippen molar-refractivity contribution in [2.45, 2.75) is 12.8 Å². The summed E-state index contributed by atoms with van der Waals surface area (Å²) in [6.07, 6.45) is -0.825. The van der Waals surface area contributed by atoms with E-state index in [0.29, 0.717) is 0 Å². The molecule has 0 unspecified atom stereocenters. The van der Waals surface area contributed by atoms with E-state index in [0.717, 1.165) is 18.5 Å². The number of aromatic nitrogens is 2. The number of nitrogens with zero attached hydrogens (tertiary/aromatic N) is 2. The van der Waals surface area contributed by atoms with Gasteiger partial charge in [0.25, 0.3) is 18.2 Å². The summed E-state index contributed by atoms with van der Waals surface area (Å²) >= 11 is 5.55. The largest absolute Gasteiger partial charge is 0.484 e. The maximum atomic E-state index is 13.3. The van der Waals surface area contributed by atoms with Crippen LogP contribution >= 0.6 is 11.6 Å². The second kappa shape index (κ2) is 10.4. The van der Waals surface area contributed by atoms with Crippen molar-refractivity contribution in [3.63, 3.8) is 0 Å². The van der Waals surface area contributed by atoms with Gasteiger partial charge in [-0.2, -0.15) is 0 Å². The topological polar surface area (TPSA) is 93.2 Å². The number of halogens is 4. The lowest BCUT2D eigenvalue weighted by atomic mass is 10.3. The van der Waals surface area contributed by atoms with Crippen LogP contribution in [0.1, 0.15) is 29.0 Å². The number of rotatable bonds is 9. The molecule has 11 heteroatoms. The molecule has 0 atom stereocenters. The second-order valence-corrected chi connectivity index (χ2v) is 6.06. The van der Waals surface area contributed by atoms with Gasteiger partial charge in [0.1, 0.15) is 23.0 Å². The molecule has 2 rings (SSSR count). The van der Waals surface area contributed by atoms with Crippen LogP contribution in [0, 0.1) is 5.82 Å². The summed E-state index contributed by atoms with van der Waals surface area (Å²) in [5.74, 6) is -1.64. The molecular formula is C18H16ClF3N4O3. The number of alkyl halides is 2. The van der Waals surface area contributed by atoms with Gasteiger partial charge in [-0.25, -0.2) is 18.2 Å². The first-order valence-corrected chi connectivity index (χ1v) is 8.58. The van der Waals surface area contributed by atoms with E-state index < -0.39 is 29.8 Å². The predicted octanol–water partition coefficient (Wildman–Crippen LogP) is 3.04. The first-order valence-electron chi connectivity index (χ1n) is 8.20. The maximum Gasteiger partial charge on any atom is 0.281 e. The van der Waals surface area contributed by atoms with Gasteiger partial charge in [0.2, 0.25) is 0 Å². The highest BCUT2D eigenvalue weighted by atomic mass is 35.5. The Morgan fingerprint density at radius 2 is 2.00 bits per heavy atom. The van der Waals surface area contributed by atoms with Crippen LogP contribution in [-0.4, -0.2) is 34.9 Å². The van der Waals surface area contributed by atoms with Gasteiger partial charge in [-0.3, -0.25) is 14.6 Å². The number of ether oxygens (including phenoxy) is 1. The molecule has 0 aliphatic carbocycles. The highest BCUT2D eigenvalue weighted by molar-refractivity contribution is 6.30. The third-order valence-corrected chi connectivity index (χ3v) is 3.73. The molecule has 0 fully saturated rings. The van der Waals surface area contributed by atoms with Gasteiger partial charge in [0.05, 0.1) is 17.4 Å². The summed E-state index contributed by atoms with van der Waals surface area (Å²) in [6.45, 7) is 3.44. The van der Waals surface area contributed by atoms with Crippen molar-refractivity contribution in [1.29, 1.82) is 0 Å². The van der Waals surface area contributed by atoms with E-state index >= 15 is 0 Å². The van der Waals surface area contributed by atoms with E-state index in [1.54, 1.807) is 0 Å². The number of hydrogen-bond acceptors (Lipinski definition) is 5. The zero-order valence-corrected chi connectivity index (χ0v) is 15.7. The Morgan fingerprint density at radius 3 is 2.62 bits per heavy atom. The minimum atomic E-state index is -2.78. The Morgan fingerprint density at radius 1 is 1.24 bits per heavy atom. The molecule has 2 N–H and O–H groups in total. The van der Waals surface area contributed by atoms with Gasteiger partial charge in [0.15, 0.2) is 6.61 Å². The van der Waals surface area contributed by atoms with Crippen molar-refractivity contribution in [1.82, 2.24) is 20.6 Å². The van der Waals surface area contributed by atoms with Crippen LogP contribution in [0.3, 0.4) is 0 Å². The zero-order chi connectivity index (χ0) is 21.4. The Kier molecular flexibility index (Phi) is 7.96. The molecule has 0 saturated heterocycles. The van der Waals surface area contributed by atoms with Crippen molar-refractivity contribution in [3.8, 4) is 5.75 Å². The van der Waals surface area contributed by atoms with Crippen LogP contribution in [-0.2, 0) is 4.79 Å². The highest BCUT2D eigenvalue weighted by Crippen LogP contribution is 2.20. The molecular weight excluding hydrogens is 413 g/mol. The summed E-state index contributed by atoms with van der Waals surface area (Å²) in [7, 11) is 0. The fourth-order valence-electron chi connectivity index (χ4n) is 1.97. The average Bonchev–Trinajstić information content (AvgIpc) is 2.69. The maximum absolute atomic E-state index is 13.3. The van der Waals surface area contributed by atoms with E-state index in [-0.39, 0.29) is 41.7 Å². The van der Waals surface area contributed by atoms with Crippen LogP contribution in [0.2, 0.25) is 5.02 Å². The summed E-state index contributed by atoms with van der Waals surface area (Å²) in [4.78, 5) is 30.7. The standard InChI is InChI=1S/C18H16ClF3N4O3/c1-10(26-18(28)15-8-24-14(7-25-15)17(21)22)4-5-23-16(27)9-29-11-2-3-12(19)13(20)6-11/h2-3,6-8,17H,1,4-5,9H2,(H,23,27)(H,26,28). The monoisotopic (exact) mass is 428 g/mol. The molecule has 2 aromatic rings. The normalized spacial score (nSPS) is 10.5. The van der Waals surface area contributed by atoms with E-state index in [2.05, 4.69) is 27.2 Å². The van der Waals surface area contributed by atoms with E-state index in [1.807, 2.05) is 0 Å². The lowest BCUT2D eigenvalue weighted by molar-refractivity contribution is -0.123. The summed E-state index contributed by atoms with van der Waals surface area (Å²) in [5, 5.41) is 4.91. The molecule has 1 heterocycles. The molecule has 1 aromatic heterocycles. The Bertz CT molecular complexity index is 894. The number of benzene rings is 1. The molecule has 0 aliphatic heterocycles. The number of carbonyl (C=O) groups excluding carboxylic acids is 2. The minimum Gasteiger partial charge on any atom is -0.484 e. The number of nitrogens with one attached hydrogen (secondary N) is 2. The van der Waals surface area contributed by atoms with Crippen molar-refractivity contribution in [2.24, 2.45) is 0 Å². The smallest absolute Gasteiger partial charge is 0.281 e. The number of hydrogen-bond donors (Lipinski definition) is 2. The van der Waals surface area contributed by atoms with Crippen LogP contribution in [0.25, 0.3) is 0 Å². The molecule has 0 radical (unpaired) electrons. The molecule has 7 nitrogen and oxygen atoms in total. The summed E-state index contributed by atoms with van der Waals surface area (Å²) in [6, 6.07) is 3.79. The van der Waals surface area contributed by atoms with E-state index in [4.69, 9.17) is 16.3 Å². The summed E-state index contributed by atoms with van der Waals surface area (Å²) < 4.78 is 43.3. The molecule has 0 bridgehead atoms. The molecule has 1 aromatic carbocycles. The SMILES string of the molecule is C=C(CCNC(=O)COc1ccc(Cl)c(F)c1)NC(=O)c1cnc(C(F)F)cn1. The van der Waals surface area contributed by atoms with E-state index in [9.17, 15) is 22.8 Å². The van der Waals surface area contributed by atoms with E-state index in [1.165, 1.54) is 12.1 Å². The average molecular weight is 429 g/mol. The van der Waals surface area contributed by atoms with Gasteiger partial charge in [-0.05, 0) is 12.1 Å². The quantitative estimate of drug-likeness (QED) is 0.640. The van der Waals surface area contributed by atoms with Crippen molar-refractivity contribution in [2.75, 3.05) is 13.2 Å². The van der Waals surface area contributed by atoms with Crippen LogP contribution in [0.15, 0.2) is 42.9 Å². The zero-order valence-electron chi connectivity index (χ0n) is 14.9. The second-order valence-electron chi connectivity index (χ2n) is 5.65. The van der Waals surface area contributed by atoms with Gasteiger partial charge >= 0.3 is 0 Å². The molecule has 2 amide bonds. The molecule has 29 heavy (non-hydrogen) atoms. The minimum absolute atomic E-state index is 0.0571. The number of carbonyl (C=O) groups is 2. The Balaban J connectivity index is 1.69. The van der Waals surface area contributed by atoms with Gasteiger partial charge < -0.3 is 15.4 Å². The Hall–Kier alpha value is -3.14. The Labute approximate surface area is 168 Å². The molecule has 0 saturated carbocycles. The van der Waals surface area contributed by atoms with Gasteiger partial charge in [-0.1, -0.05) is 18.2 Å². The lowest BCUT2D eigenvalue weighted by Gasteiger charge is -2.10. The molecule has 0 spiro atoms. The lowest BCUT2D eigenvalue weighted by Crippen LogP contribution is -2.31. The number of amides is 2. The third kappa shape index (κ3) is 7.07. The fraction of sp³-hybridized carbons (Fsp3) is 0.222. The van der Waals surface area contributed by atoms with Gasteiger partial charge in [0, 0.05) is 24.7 Å². The van der Waals surface area contributed by atoms with Crippen molar-refractivity contribution < 1.29 is 27.5 Å². The third-order valence-electron chi connectivity index (χ3n) is 3.43. The molecule has 154 valence electrons. The first-order chi connectivity index (χ1) is 13.8. The van der Waals surface area contributed by atoms with Crippen LogP contribution in [0.4, 0.5) is 13.2 Å².